The van der Waals surface area contributed by atoms with Crippen molar-refractivity contribution in [3.63, 3.8) is 0 Å². The first kappa shape index (κ1) is 17.5. The van der Waals surface area contributed by atoms with Crippen LogP contribution in [-0.2, 0) is 0 Å². The fraction of sp³-hybridized carbons (Fsp3) is 0.0909. The maximum atomic E-state index is 5.57. The summed E-state index contributed by atoms with van der Waals surface area (Å²) in [5, 5.41) is 4.58. The number of hydrogen-bond donors (Lipinski definition) is 2. The van der Waals surface area contributed by atoms with E-state index in [1.54, 1.807) is 31.9 Å². The van der Waals surface area contributed by atoms with Crippen molar-refractivity contribution < 1.29 is 9.47 Å². The van der Waals surface area contributed by atoms with Crippen molar-refractivity contribution in [1.29, 1.82) is 0 Å². The molecule has 6 nitrogen and oxygen atoms in total. The van der Waals surface area contributed by atoms with Crippen molar-refractivity contribution in [3.8, 4) is 21.9 Å². The lowest BCUT2D eigenvalue weighted by Gasteiger charge is -2.08. The quantitative estimate of drug-likeness (QED) is 0.400. The van der Waals surface area contributed by atoms with E-state index >= 15 is 0 Å². The lowest BCUT2D eigenvalue weighted by Crippen LogP contribution is -1.94. The molecule has 3 aromatic heterocycles. The third-order valence-electron chi connectivity index (χ3n) is 4.80. The van der Waals surface area contributed by atoms with Gasteiger partial charge in [-0.3, -0.25) is 0 Å². The summed E-state index contributed by atoms with van der Waals surface area (Å²) >= 11 is 1.63. The predicted octanol–water partition coefficient (Wildman–Crippen LogP) is 5.60. The van der Waals surface area contributed by atoms with Gasteiger partial charge >= 0.3 is 0 Å². The largest absolute Gasteiger partial charge is 0.497 e. The molecule has 2 aromatic carbocycles. The summed E-state index contributed by atoms with van der Waals surface area (Å²) in [6.45, 7) is 0. The molecule has 0 unspecified atom stereocenters. The van der Waals surface area contributed by atoms with Crippen LogP contribution in [0.15, 0.2) is 61.1 Å². The van der Waals surface area contributed by atoms with Crippen LogP contribution in [0.3, 0.4) is 0 Å². The molecule has 0 aliphatic heterocycles. The summed E-state index contributed by atoms with van der Waals surface area (Å²) in [4.78, 5) is 13.2. The number of hydrogen-bond acceptors (Lipinski definition) is 6. The summed E-state index contributed by atoms with van der Waals surface area (Å²) in [5.74, 6) is 2.30. The molecule has 0 saturated heterocycles. The van der Waals surface area contributed by atoms with Crippen LogP contribution in [0, 0.1) is 0 Å². The molecule has 0 fully saturated rings. The van der Waals surface area contributed by atoms with Crippen molar-refractivity contribution in [2.24, 2.45) is 0 Å². The number of methoxy groups -OCH3 is 2. The Kier molecular flexibility index (Phi) is 4.29. The number of thiophene rings is 1. The molecule has 0 atom stereocenters. The van der Waals surface area contributed by atoms with Gasteiger partial charge in [0.2, 0.25) is 0 Å². The number of anilines is 2. The second kappa shape index (κ2) is 7.10. The monoisotopic (exact) mass is 402 g/mol. The summed E-state index contributed by atoms with van der Waals surface area (Å²) in [7, 11) is 3.31. The van der Waals surface area contributed by atoms with Gasteiger partial charge in [0.1, 0.15) is 17.8 Å². The molecular weight excluding hydrogens is 384 g/mol. The Hall–Kier alpha value is -3.58. The lowest BCUT2D eigenvalue weighted by molar-refractivity contribution is 0.395. The molecule has 0 bridgehead atoms. The highest BCUT2D eigenvalue weighted by atomic mass is 32.1. The van der Waals surface area contributed by atoms with Crippen LogP contribution in [0.1, 0.15) is 0 Å². The van der Waals surface area contributed by atoms with Crippen LogP contribution in [-0.4, -0.2) is 29.2 Å². The van der Waals surface area contributed by atoms with Gasteiger partial charge in [0.25, 0.3) is 0 Å². The standard InChI is InChI=1S/C22H18N4O2S/c1-27-15-4-5-16(19(10-15)28-2)20-11-18-21(29-20)22(25-12-24-18)26-14-3-6-17-13(9-14)7-8-23-17/h3-12,23H,1-2H3,(H,24,25,26). The smallest absolute Gasteiger partial charge is 0.151 e. The number of ether oxygens (including phenoxy) is 2. The normalized spacial score (nSPS) is 11.1. The number of aromatic nitrogens is 3. The topological polar surface area (TPSA) is 72.1 Å². The van der Waals surface area contributed by atoms with E-state index in [9.17, 15) is 0 Å². The number of fused-ring (bicyclic) bond motifs is 2. The van der Waals surface area contributed by atoms with Gasteiger partial charge in [0, 0.05) is 39.3 Å². The van der Waals surface area contributed by atoms with Crippen molar-refractivity contribution in [3.05, 3.63) is 61.1 Å². The van der Waals surface area contributed by atoms with E-state index in [4.69, 9.17) is 9.47 Å². The molecule has 0 radical (unpaired) electrons. The van der Waals surface area contributed by atoms with E-state index in [1.165, 1.54) is 0 Å². The van der Waals surface area contributed by atoms with Crippen LogP contribution in [0.4, 0.5) is 11.5 Å². The molecule has 0 spiro atoms. The Morgan fingerprint density at radius 2 is 1.90 bits per heavy atom. The molecular formula is C22H18N4O2S. The van der Waals surface area contributed by atoms with Crippen LogP contribution in [0.25, 0.3) is 31.6 Å². The van der Waals surface area contributed by atoms with E-state index in [1.807, 2.05) is 30.5 Å². The van der Waals surface area contributed by atoms with Crippen molar-refractivity contribution in [2.75, 3.05) is 19.5 Å². The van der Waals surface area contributed by atoms with Gasteiger partial charge in [0.05, 0.1) is 24.4 Å². The summed E-state index contributed by atoms with van der Waals surface area (Å²) in [6.07, 6.45) is 3.52. The summed E-state index contributed by atoms with van der Waals surface area (Å²) in [6, 6.07) is 16.1. The molecule has 29 heavy (non-hydrogen) atoms. The van der Waals surface area contributed by atoms with E-state index < -0.39 is 0 Å². The van der Waals surface area contributed by atoms with Crippen molar-refractivity contribution in [2.45, 2.75) is 0 Å². The van der Waals surface area contributed by atoms with Crippen molar-refractivity contribution >= 4 is 44.0 Å². The molecule has 2 N–H and O–H groups in total. The van der Waals surface area contributed by atoms with E-state index in [-0.39, 0.29) is 0 Å². The van der Waals surface area contributed by atoms with Gasteiger partial charge in [0.15, 0.2) is 5.82 Å². The number of aromatic amines is 1. The second-order valence-electron chi connectivity index (χ2n) is 6.52. The van der Waals surface area contributed by atoms with Crippen LogP contribution in [0.5, 0.6) is 11.5 Å². The molecule has 0 saturated carbocycles. The number of rotatable bonds is 5. The number of nitrogens with zero attached hydrogens (tertiary/aromatic N) is 2. The zero-order valence-electron chi connectivity index (χ0n) is 15.9. The Labute approximate surface area is 171 Å². The molecule has 0 amide bonds. The lowest BCUT2D eigenvalue weighted by atomic mass is 10.1. The van der Waals surface area contributed by atoms with E-state index in [0.29, 0.717) is 0 Å². The minimum absolute atomic E-state index is 0.758. The second-order valence-corrected chi connectivity index (χ2v) is 7.57. The maximum Gasteiger partial charge on any atom is 0.151 e. The first-order chi connectivity index (χ1) is 14.2. The molecule has 5 rings (SSSR count). The Balaban J connectivity index is 1.56. The highest BCUT2D eigenvalue weighted by Gasteiger charge is 2.14. The van der Waals surface area contributed by atoms with Crippen LogP contribution >= 0.6 is 11.3 Å². The minimum Gasteiger partial charge on any atom is -0.497 e. The third kappa shape index (κ3) is 3.15. The molecule has 7 heteroatoms. The first-order valence-corrected chi connectivity index (χ1v) is 9.88. The van der Waals surface area contributed by atoms with Gasteiger partial charge in [-0.05, 0) is 42.5 Å². The first-order valence-electron chi connectivity index (χ1n) is 9.06. The molecule has 0 aliphatic rings. The summed E-state index contributed by atoms with van der Waals surface area (Å²) in [5.41, 5.74) is 3.97. The van der Waals surface area contributed by atoms with Crippen LogP contribution < -0.4 is 14.8 Å². The van der Waals surface area contributed by atoms with E-state index in [0.717, 1.165) is 54.6 Å². The zero-order chi connectivity index (χ0) is 19.8. The number of nitrogens with one attached hydrogen (secondary N) is 2. The van der Waals surface area contributed by atoms with Crippen molar-refractivity contribution in [1.82, 2.24) is 15.0 Å². The highest BCUT2D eigenvalue weighted by molar-refractivity contribution is 7.22. The van der Waals surface area contributed by atoms with Gasteiger partial charge < -0.3 is 19.8 Å². The number of benzene rings is 2. The molecule has 0 aliphatic carbocycles. The Morgan fingerprint density at radius 1 is 0.966 bits per heavy atom. The maximum absolute atomic E-state index is 5.57. The molecule has 3 heterocycles. The van der Waals surface area contributed by atoms with E-state index in [2.05, 4.69) is 44.5 Å². The van der Waals surface area contributed by atoms with Gasteiger partial charge in [-0.25, -0.2) is 9.97 Å². The Bertz CT molecular complexity index is 1330. The van der Waals surface area contributed by atoms with Gasteiger partial charge in [-0.2, -0.15) is 0 Å². The Morgan fingerprint density at radius 3 is 2.76 bits per heavy atom. The fourth-order valence-electron chi connectivity index (χ4n) is 3.35. The molecule has 5 aromatic rings. The summed E-state index contributed by atoms with van der Waals surface area (Å²) < 4.78 is 11.9. The number of H-pyrrole nitrogens is 1. The highest BCUT2D eigenvalue weighted by Crippen LogP contribution is 2.41. The predicted molar refractivity (Wildman–Crippen MR) is 118 cm³/mol. The van der Waals surface area contributed by atoms with Crippen LogP contribution in [0.2, 0.25) is 0 Å². The zero-order valence-corrected chi connectivity index (χ0v) is 16.7. The van der Waals surface area contributed by atoms with Gasteiger partial charge in [-0.15, -0.1) is 11.3 Å². The average Bonchev–Trinajstić information content (AvgIpc) is 3.40. The van der Waals surface area contributed by atoms with Gasteiger partial charge in [-0.1, -0.05) is 0 Å². The minimum atomic E-state index is 0.758. The SMILES string of the molecule is COc1ccc(-c2cc3ncnc(Nc4ccc5[nH]ccc5c4)c3s2)c(OC)c1. The average molecular weight is 402 g/mol. The fourth-order valence-corrected chi connectivity index (χ4v) is 4.43. The third-order valence-corrected chi connectivity index (χ3v) is 5.97. The molecule has 144 valence electrons.